The van der Waals surface area contributed by atoms with Gasteiger partial charge in [-0.25, -0.2) is 4.84 Å². The lowest BCUT2D eigenvalue weighted by Gasteiger charge is -2.15. The van der Waals surface area contributed by atoms with Crippen molar-refractivity contribution in [2.45, 2.75) is 18.8 Å². The predicted octanol–water partition coefficient (Wildman–Crippen LogP) is 1.72. The van der Waals surface area contributed by atoms with Gasteiger partial charge < -0.3 is 5.11 Å². The van der Waals surface area contributed by atoms with Gasteiger partial charge in [-0.1, -0.05) is 30.3 Å². The summed E-state index contributed by atoms with van der Waals surface area (Å²) in [6.45, 7) is 0. The zero-order valence-corrected chi connectivity index (χ0v) is 8.57. The Morgan fingerprint density at radius 2 is 1.94 bits per heavy atom. The lowest BCUT2D eigenvalue weighted by Crippen LogP contribution is -2.41. The number of benzene rings is 1. The van der Waals surface area contributed by atoms with Crippen molar-refractivity contribution in [1.29, 1.82) is 0 Å². The summed E-state index contributed by atoms with van der Waals surface area (Å²) in [6, 6.07) is 6.83. The Balaban J connectivity index is 2.59. The molecule has 0 saturated heterocycles. The maximum atomic E-state index is 11.7. The number of halogens is 3. The number of aliphatic carboxylic acids is 1. The summed E-state index contributed by atoms with van der Waals surface area (Å²) in [5.74, 6) is -1.42. The molecule has 7 heteroatoms. The number of nitrogens with one attached hydrogen (secondary N) is 1. The van der Waals surface area contributed by atoms with Gasteiger partial charge in [0.2, 0.25) is 0 Å². The molecule has 4 nitrogen and oxygen atoms in total. The highest BCUT2D eigenvalue weighted by Crippen LogP contribution is 2.15. The molecule has 1 aromatic rings. The summed E-state index contributed by atoms with van der Waals surface area (Å²) < 4.78 is 35.2. The van der Waals surface area contributed by atoms with Crippen LogP contribution in [0.1, 0.15) is 5.56 Å². The van der Waals surface area contributed by atoms with Crippen molar-refractivity contribution in [1.82, 2.24) is 5.48 Å². The summed E-state index contributed by atoms with van der Waals surface area (Å²) in [4.78, 5) is 14.0. The molecule has 0 aliphatic heterocycles. The molecule has 0 aliphatic rings. The predicted molar refractivity (Wildman–Crippen MR) is 51.8 cm³/mol. The number of hydrogen-bond acceptors (Lipinski definition) is 3. The van der Waals surface area contributed by atoms with Gasteiger partial charge in [0, 0.05) is 6.42 Å². The van der Waals surface area contributed by atoms with E-state index in [-0.39, 0.29) is 6.42 Å². The van der Waals surface area contributed by atoms with Crippen LogP contribution in [0.3, 0.4) is 0 Å². The Labute approximate surface area is 95.0 Å². The standard InChI is InChI=1S/C10H10F3NO3/c11-10(12,13)17-14-8(9(15)16)6-7-4-2-1-3-5-7/h1-5,8,14H,6H2,(H,15,16)/t8-/m0/s1. The third kappa shape index (κ3) is 5.32. The molecule has 0 aromatic heterocycles. The lowest BCUT2D eigenvalue weighted by molar-refractivity contribution is -0.353. The van der Waals surface area contributed by atoms with Crippen LogP contribution in [-0.4, -0.2) is 23.5 Å². The highest BCUT2D eigenvalue weighted by atomic mass is 19.4. The van der Waals surface area contributed by atoms with Gasteiger partial charge in [0.05, 0.1) is 0 Å². The third-order valence-electron chi connectivity index (χ3n) is 1.90. The molecule has 0 radical (unpaired) electrons. The van der Waals surface area contributed by atoms with E-state index in [1.165, 1.54) is 5.48 Å². The van der Waals surface area contributed by atoms with Crippen molar-refractivity contribution < 1.29 is 27.9 Å². The first-order chi connectivity index (χ1) is 7.88. The Morgan fingerprint density at radius 1 is 1.35 bits per heavy atom. The Kier molecular flexibility index (Phi) is 4.47. The van der Waals surface area contributed by atoms with Crippen molar-refractivity contribution in [3.8, 4) is 0 Å². The molecular formula is C10H10F3NO3. The fourth-order valence-corrected chi connectivity index (χ4v) is 1.17. The van der Waals surface area contributed by atoms with E-state index in [1.807, 2.05) is 0 Å². The van der Waals surface area contributed by atoms with E-state index < -0.39 is 18.4 Å². The second kappa shape index (κ2) is 5.65. The first-order valence-corrected chi connectivity index (χ1v) is 4.65. The van der Waals surface area contributed by atoms with Crippen molar-refractivity contribution in [3.63, 3.8) is 0 Å². The van der Waals surface area contributed by atoms with E-state index in [0.29, 0.717) is 5.56 Å². The molecule has 0 aliphatic carbocycles. The summed E-state index contributed by atoms with van der Waals surface area (Å²) in [5, 5.41) is 8.72. The fraction of sp³-hybridized carbons (Fsp3) is 0.300. The van der Waals surface area contributed by atoms with Crippen LogP contribution in [0.15, 0.2) is 30.3 Å². The molecule has 0 fully saturated rings. The largest absolute Gasteiger partial charge is 0.538 e. The molecule has 1 atom stereocenters. The number of hydrogen-bond donors (Lipinski definition) is 2. The van der Waals surface area contributed by atoms with Gasteiger partial charge in [-0.2, -0.15) is 5.48 Å². The molecule has 0 unspecified atom stereocenters. The first-order valence-electron chi connectivity index (χ1n) is 4.65. The maximum Gasteiger partial charge on any atom is 0.538 e. The summed E-state index contributed by atoms with van der Waals surface area (Å²) in [5.41, 5.74) is 2.08. The van der Waals surface area contributed by atoms with Crippen molar-refractivity contribution in [2.75, 3.05) is 0 Å². The SMILES string of the molecule is O=C(O)[C@H](Cc1ccccc1)NOC(F)(F)F. The molecule has 0 spiro atoms. The monoisotopic (exact) mass is 249 g/mol. The normalized spacial score (nSPS) is 13.4. The van der Waals surface area contributed by atoms with Crippen LogP contribution in [0.5, 0.6) is 0 Å². The van der Waals surface area contributed by atoms with Gasteiger partial charge in [-0.05, 0) is 5.56 Å². The van der Waals surface area contributed by atoms with Crippen LogP contribution in [0.25, 0.3) is 0 Å². The molecule has 17 heavy (non-hydrogen) atoms. The second-order valence-corrected chi connectivity index (χ2v) is 3.25. The van der Waals surface area contributed by atoms with Gasteiger partial charge in [-0.15, -0.1) is 13.2 Å². The van der Waals surface area contributed by atoms with Crippen molar-refractivity contribution >= 4 is 5.97 Å². The van der Waals surface area contributed by atoms with Gasteiger partial charge in [0.15, 0.2) is 0 Å². The summed E-state index contributed by atoms with van der Waals surface area (Å²) in [6.07, 6.45) is -5.02. The highest BCUT2D eigenvalue weighted by Gasteiger charge is 2.32. The van der Waals surface area contributed by atoms with E-state index in [1.54, 1.807) is 30.3 Å². The molecule has 0 amide bonds. The van der Waals surface area contributed by atoms with Crippen LogP contribution in [0.4, 0.5) is 13.2 Å². The van der Waals surface area contributed by atoms with Crippen molar-refractivity contribution in [2.24, 2.45) is 0 Å². The fourth-order valence-electron chi connectivity index (χ4n) is 1.17. The number of carbonyl (C=O) groups is 1. The van der Waals surface area contributed by atoms with Crippen LogP contribution < -0.4 is 5.48 Å². The van der Waals surface area contributed by atoms with Crippen LogP contribution in [-0.2, 0) is 16.1 Å². The Bertz CT molecular complexity index is 367. The van der Waals surface area contributed by atoms with Crippen LogP contribution >= 0.6 is 0 Å². The maximum absolute atomic E-state index is 11.7. The van der Waals surface area contributed by atoms with E-state index in [9.17, 15) is 18.0 Å². The summed E-state index contributed by atoms with van der Waals surface area (Å²) >= 11 is 0. The molecule has 1 rings (SSSR count). The Hall–Kier alpha value is -1.60. The average molecular weight is 249 g/mol. The zero-order valence-electron chi connectivity index (χ0n) is 8.57. The zero-order chi connectivity index (χ0) is 12.9. The average Bonchev–Trinajstić information content (AvgIpc) is 2.24. The van der Waals surface area contributed by atoms with Gasteiger partial charge in [0.25, 0.3) is 0 Å². The number of hydroxylamine groups is 1. The number of alkyl halides is 3. The smallest absolute Gasteiger partial charge is 0.480 e. The molecule has 1 aromatic carbocycles. The van der Waals surface area contributed by atoms with Gasteiger partial charge in [0.1, 0.15) is 6.04 Å². The van der Waals surface area contributed by atoms with Crippen LogP contribution in [0.2, 0.25) is 0 Å². The van der Waals surface area contributed by atoms with Gasteiger partial charge in [-0.3, -0.25) is 4.79 Å². The number of carboxylic acid groups (broad SMARTS) is 1. The quantitative estimate of drug-likeness (QED) is 0.780. The minimum absolute atomic E-state index is 0.105. The molecule has 0 saturated carbocycles. The first kappa shape index (κ1) is 13.5. The molecular weight excluding hydrogens is 239 g/mol. The Morgan fingerprint density at radius 3 is 2.41 bits per heavy atom. The number of rotatable bonds is 5. The topological polar surface area (TPSA) is 58.6 Å². The molecule has 0 heterocycles. The summed E-state index contributed by atoms with van der Waals surface area (Å²) in [7, 11) is 0. The van der Waals surface area contributed by atoms with E-state index >= 15 is 0 Å². The minimum atomic E-state index is -4.91. The highest BCUT2D eigenvalue weighted by molar-refractivity contribution is 5.73. The molecule has 2 N–H and O–H groups in total. The molecule has 94 valence electrons. The van der Waals surface area contributed by atoms with E-state index in [4.69, 9.17) is 5.11 Å². The molecule has 0 bridgehead atoms. The third-order valence-corrected chi connectivity index (χ3v) is 1.90. The number of carboxylic acids is 1. The van der Waals surface area contributed by atoms with E-state index in [0.717, 1.165) is 0 Å². The second-order valence-electron chi connectivity index (χ2n) is 3.25. The van der Waals surface area contributed by atoms with Gasteiger partial charge >= 0.3 is 12.3 Å². The van der Waals surface area contributed by atoms with Crippen LogP contribution in [0, 0.1) is 0 Å². The van der Waals surface area contributed by atoms with Crippen molar-refractivity contribution in [3.05, 3.63) is 35.9 Å². The lowest BCUT2D eigenvalue weighted by atomic mass is 10.1. The minimum Gasteiger partial charge on any atom is -0.480 e. The van der Waals surface area contributed by atoms with E-state index in [2.05, 4.69) is 4.84 Å².